The molecule has 0 fully saturated rings. The van der Waals surface area contributed by atoms with Gasteiger partial charge in [0.05, 0.1) is 6.42 Å². The molecular weight excluding hydrogens is 274 g/mol. The highest BCUT2D eigenvalue weighted by Gasteiger charge is 2.09. The molecule has 5 nitrogen and oxygen atoms in total. The summed E-state index contributed by atoms with van der Waals surface area (Å²) in [7, 11) is 0. The van der Waals surface area contributed by atoms with Crippen molar-refractivity contribution >= 4 is 28.1 Å². The first kappa shape index (κ1) is 14.2. The Morgan fingerprint density at radius 1 is 1.40 bits per heavy atom. The van der Waals surface area contributed by atoms with Crippen LogP contribution in [0.5, 0.6) is 0 Å². The Balaban J connectivity index is 1.98. The molecule has 2 N–H and O–H groups in total. The van der Waals surface area contributed by atoms with Gasteiger partial charge in [-0.1, -0.05) is 35.0 Å². The van der Waals surface area contributed by atoms with Crippen molar-refractivity contribution in [2.24, 2.45) is 5.16 Å². The van der Waals surface area contributed by atoms with Crippen LogP contribution in [0.3, 0.4) is 0 Å². The summed E-state index contributed by atoms with van der Waals surface area (Å²) < 4.78 is 0. The number of benzene rings is 1. The van der Waals surface area contributed by atoms with Gasteiger partial charge in [-0.2, -0.15) is 0 Å². The second-order valence-corrected chi connectivity index (χ2v) is 5.29. The number of nitrogens with one attached hydrogen (secondary N) is 1. The maximum atomic E-state index is 11.9. The van der Waals surface area contributed by atoms with E-state index >= 15 is 0 Å². The van der Waals surface area contributed by atoms with Gasteiger partial charge in [0.15, 0.2) is 5.13 Å². The molecule has 2 aromatic rings. The molecular formula is C14H15N3O2S. The van der Waals surface area contributed by atoms with E-state index in [0.29, 0.717) is 23.0 Å². The zero-order valence-electron chi connectivity index (χ0n) is 11.3. The molecule has 0 radical (unpaired) electrons. The maximum absolute atomic E-state index is 11.9. The monoisotopic (exact) mass is 289 g/mol. The van der Waals surface area contributed by atoms with Crippen molar-refractivity contribution in [3.8, 4) is 0 Å². The number of carbonyl (C=O) groups excluding carboxylic acids is 1. The molecule has 6 heteroatoms. The molecule has 1 amide bonds. The van der Waals surface area contributed by atoms with Gasteiger partial charge in [0, 0.05) is 5.38 Å². The van der Waals surface area contributed by atoms with Gasteiger partial charge in [-0.05, 0) is 19.4 Å². The first-order chi connectivity index (χ1) is 9.58. The quantitative estimate of drug-likeness (QED) is 0.516. The van der Waals surface area contributed by atoms with Crippen molar-refractivity contribution in [2.75, 3.05) is 5.32 Å². The van der Waals surface area contributed by atoms with Crippen molar-refractivity contribution in [3.63, 3.8) is 0 Å². The Bertz CT molecular complexity index is 632. The Morgan fingerprint density at radius 3 is 2.75 bits per heavy atom. The Hall–Kier alpha value is -2.21. The zero-order valence-corrected chi connectivity index (χ0v) is 12.1. The number of rotatable bonds is 4. The average Bonchev–Trinajstić information content (AvgIpc) is 2.89. The maximum Gasteiger partial charge on any atom is 0.230 e. The van der Waals surface area contributed by atoms with E-state index in [1.165, 1.54) is 11.3 Å². The Morgan fingerprint density at radius 2 is 2.10 bits per heavy atom. The lowest BCUT2D eigenvalue weighted by Gasteiger charge is -2.02. The van der Waals surface area contributed by atoms with Crippen LogP contribution in [0.1, 0.15) is 23.7 Å². The third-order valence-corrected chi connectivity index (χ3v) is 3.51. The molecule has 0 saturated heterocycles. The molecule has 104 valence electrons. The predicted molar refractivity (Wildman–Crippen MR) is 79.6 cm³/mol. The number of nitrogens with zero attached hydrogens (tertiary/aromatic N) is 2. The molecule has 0 saturated carbocycles. The first-order valence-electron chi connectivity index (χ1n) is 6.08. The summed E-state index contributed by atoms with van der Waals surface area (Å²) in [6.07, 6.45) is 0.308. The molecule has 20 heavy (non-hydrogen) atoms. The molecule has 0 bridgehead atoms. The van der Waals surface area contributed by atoms with Crippen LogP contribution in [0.4, 0.5) is 5.13 Å². The van der Waals surface area contributed by atoms with E-state index in [9.17, 15) is 4.79 Å². The highest BCUT2D eigenvalue weighted by molar-refractivity contribution is 7.14. The fraction of sp³-hybridized carbons (Fsp3) is 0.214. The normalized spacial score (nSPS) is 11.4. The largest absolute Gasteiger partial charge is 0.411 e. The summed E-state index contributed by atoms with van der Waals surface area (Å²) in [6.45, 7) is 3.65. The van der Waals surface area contributed by atoms with Crippen LogP contribution in [0, 0.1) is 6.92 Å². The molecule has 0 spiro atoms. The van der Waals surface area contributed by atoms with Crippen molar-refractivity contribution in [3.05, 3.63) is 46.5 Å². The van der Waals surface area contributed by atoms with Gasteiger partial charge < -0.3 is 10.5 Å². The lowest BCUT2D eigenvalue weighted by atomic mass is 10.1. The van der Waals surface area contributed by atoms with Gasteiger partial charge in [-0.3, -0.25) is 4.79 Å². The lowest BCUT2D eigenvalue weighted by Crippen LogP contribution is -2.14. The summed E-state index contributed by atoms with van der Waals surface area (Å²) in [6, 6.07) is 7.83. The molecule has 0 aliphatic rings. The van der Waals surface area contributed by atoms with E-state index in [0.717, 1.165) is 11.1 Å². The number of aryl methyl sites for hydroxylation is 1. The Kier molecular flexibility index (Phi) is 4.47. The van der Waals surface area contributed by atoms with Crippen LogP contribution in [0.25, 0.3) is 0 Å². The van der Waals surface area contributed by atoms with Crippen LogP contribution < -0.4 is 5.32 Å². The third-order valence-electron chi connectivity index (χ3n) is 2.76. The second kappa shape index (κ2) is 6.29. The number of hydrogen-bond acceptors (Lipinski definition) is 5. The van der Waals surface area contributed by atoms with E-state index in [4.69, 9.17) is 5.21 Å². The fourth-order valence-electron chi connectivity index (χ4n) is 1.60. The zero-order chi connectivity index (χ0) is 14.5. The van der Waals surface area contributed by atoms with Crippen LogP contribution >= 0.6 is 11.3 Å². The van der Waals surface area contributed by atoms with E-state index < -0.39 is 0 Å². The number of anilines is 1. The van der Waals surface area contributed by atoms with Crippen LogP contribution in [-0.4, -0.2) is 21.8 Å². The number of aromatic nitrogens is 1. The van der Waals surface area contributed by atoms with E-state index in [1.807, 2.05) is 31.2 Å². The molecule has 0 aliphatic heterocycles. The lowest BCUT2D eigenvalue weighted by molar-refractivity contribution is -0.115. The molecule has 1 heterocycles. The van der Waals surface area contributed by atoms with Gasteiger partial charge in [0.25, 0.3) is 0 Å². The van der Waals surface area contributed by atoms with Gasteiger partial charge >= 0.3 is 0 Å². The molecule has 0 atom stereocenters. The minimum absolute atomic E-state index is 0.117. The first-order valence-corrected chi connectivity index (χ1v) is 6.96. The number of carbonyl (C=O) groups is 1. The molecule has 1 aromatic carbocycles. The summed E-state index contributed by atoms with van der Waals surface area (Å²) in [4.78, 5) is 16.1. The molecule has 2 rings (SSSR count). The smallest absolute Gasteiger partial charge is 0.230 e. The van der Waals surface area contributed by atoms with Crippen molar-refractivity contribution < 1.29 is 10.0 Å². The van der Waals surface area contributed by atoms with Crippen molar-refractivity contribution in [2.45, 2.75) is 20.3 Å². The molecule has 1 aromatic heterocycles. The second-order valence-electron chi connectivity index (χ2n) is 4.43. The van der Waals surface area contributed by atoms with Crippen molar-refractivity contribution in [1.82, 2.24) is 4.98 Å². The SMILES string of the molecule is CC(=NO)c1csc(NC(=O)Cc2ccc(C)cc2)n1. The average molecular weight is 289 g/mol. The van der Waals surface area contributed by atoms with Crippen LogP contribution in [0.2, 0.25) is 0 Å². The third kappa shape index (κ3) is 3.64. The highest BCUT2D eigenvalue weighted by atomic mass is 32.1. The number of oxime groups is 1. The minimum atomic E-state index is -0.117. The van der Waals surface area contributed by atoms with Gasteiger partial charge in [0.1, 0.15) is 11.4 Å². The van der Waals surface area contributed by atoms with E-state index in [2.05, 4.69) is 15.5 Å². The predicted octanol–water partition coefficient (Wildman–Crippen LogP) is 2.83. The Labute approximate surface area is 121 Å². The fourth-order valence-corrected chi connectivity index (χ4v) is 2.37. The number of thiazole rings is 1. The van der Waals surface area contributed by atoms with E-state index in [1.54, 1.807) is 12.3 Å². The highest BCUT2D eigenvalue weighted by Crippen LogP contribution is 2.16. The topological polar surface area (TPSA) is 74.6 Å². The molecule has 0 unspecified atom stereocenters. The van der Waals surface area contributed by atoms with Crippen molar-refractivity contribution in [1.29, 1.82) is 0 Å². The molecule has 0 aliphatic carbocycles. The summed E-state index contributed by atoms with van der Waals surface area (Å²) in [5.74, 6) is -0.117. The summed E-state index contributed by atoms with van der Waals surface area (Å²) in [5.41, 5.74) is 3.10. The summed E-state index contributed by atoms with van der Waals surface area (Å²) >= 11 is 1.30. The van der Waals surface area contributed by atoms with Crippen LogP contribution in [0.15, 0.2) is 34.8 Å². The standard InChI is InChI=1S/C14H15N3O2S/c1-9-3-5-11(6-4-9)7-13(18)16-14-15-12(8-20-14)10(2)17-19/h3-6,8,19H,7H2,1-2H3,(H,15,16,18). The van der Waals surface area contributed by atoms with E-state index in [-0.39, 0.29) is 5.91 Å². The van der Waals surface area contributed by atoms with Gasteiger partial charge in [-0.25, -0.2) is 4.98 Å². The minimum Gasteiger partial charge on any atom is -0.411 e. The van der Waals surface area contributed by atoms with Gasteiger partial charge in [-0.15, -0.1) is 11.3 Å². The van der Waals surface area contributed by atoms with Crippen LogP contribution in [-0.2, 0) is 11.2 Å². The number of hydrogen-bond donors (Lipinski definition) is 2. The summed E-state index contributed by atoms with van der Waals surface area (Å²) in [5, 5.41) is 16.7. The van der Waals surface area contributed by atoms with Gasteiger partial charge in [0.2, 0.25) is 5.91 Å². The number of amides is 1.